The van der Waals surface area contributed by atoms with E-state index in [1.807, 2.05) is 0 Å². The van der Waals surface area contributed by atoms with Crippen LogP contribution in [0, 0.1) is 0 Å². The van der Waals surface area contributed by atoms with Crippen molar-refractivity contribution in [3.63, 3.8) is 0 Å². The Bertz CT molecular complexity index is 707. The molecule has 1 aromatic carbocycles. The number of alkyl halides is 3. The third kappa shape index (κ3) is 17.9. The molecule has 1 unspecified atom stereocenters. The summed E-state index contributed by atoms with van der Waals surface area (Å²) in [6, 6.07) is 7.03. The molecule has 1 atom stereocenters. The molecule has 37 heavy (non-hydrogen) atoms. The highest BCUT2D eigenvalue weighted by molar-refractivity contribution is 5.72. The number of unbranched alkanes of at least 4 members (excludes halogenated alkanes) is 14. The summed E-state index contributed by atoms with van der Waals surface area (Å²) in [5.41, 5.74) is -0.133. The number of hydrogen-bond acceptors (Lipinski definition) is 4. The molecule has 0 aromatic heterocycles. The lowest BCUT2D eigenvalue weighted by molar-refractivity contribution is -0.224. The lowest BCUT2D eigenvalue weighted by Crippen LogP contribution is -2.26. The molecule has 7 heteroatoms. The minimum Gasteiger partial charge on any atom is -0.466 e. The van der Waals surface area contributed by atoms with Crippen molar-refractivity contribution < 1.29 is 32.2 Å². The molecule has 0 heterocycles. The van der Waals surface area contributed by atoms with Crippen molar-refractivity contribution in [1.29, 1.82) is 0 Å². The second-order valence-corrected chi connectivity index (χ2v) is 9.85. The van der Waals surface area contributed by atoms with Gasteiger partial charge in [-0.15, -0.1) is 0 Å². The highest BCUT2D eigenvalue weighted by Gasteiger charge is 2.43. The van der Waals surface area contributed by atoms with E-state index >= 15 is 0 Å². The molecule has 0 saturated carbocycles. The Labute approximate surface area is 221 Å². The average molecular weight is 529 g/mol. The molecule has 0 amide bonds. The highest BCUT2D eigenvalue weighted by Crippen LogP contribution is 2.36. The first-order valence-corrected chi connectivity index (χ1v) is 14.3. The van der Waals surface area contributed by atoms with E-state index in [0.29, 0.717) is 6.61 Å². The lowest BCUT2D eigenvalue weighted by atomic mass is 10.0. The topological polar surface area (TPSA) is 52.6 Å². The summed E-state index contributed by atoms with van der Waals surface area (Å²) in [6.07, 6.45) is 11.7. The zero-order chi connectivity index (χ0) is 27.2. The fourth-order valence-electron chi connectivity index (χ4n) is 4.25. The fourth-order valence-corrected chi connectivity index (χ4v) is 4.25. The van der Waals surface area contributed by atoms with Gasteiger partial charge < -0.3 is 9.47 Å². The number of ether oxygens (including phenoxy) is 2. The molecule has 0 radical (unpaired) electrons. The number of esters is 2. The van der Waals surface area contributed by atoms with Crippen molar-refractivity contribution in [3.8, 4) is 0 Å². The molecule has 0 spiro atoms. The van der Waals surface area contributed by atoms with Crippen LogP contribution in [0.25, 0.3) is 0 Å². The summed E-state index contributed by atoms with van der Waals surface area (Å²) in [7, 11) is 0. The summed E-state index contributed by atoms with van der Waals surface area (Å²) in [5, 5.41) is 0. The molecule has 0 fully saturated rings. The second kappa shape index (κ2) is 20.9. The van der Waals surface area contributed by atoms with Crippen molar-refractivity contribution >= 4 is 11.9 Å². The second-order valence-electron chi connectivity index (χ2n) is 9.85. The predicted octanol–water partition coefficient (Wildman–Crippen LogP) is 9.42. The van der Waals surface area contributed by atoms with E-state index < -0.39 is 24.2 Å². The molecular weight excluding hydrogens is 481 g/mol. The van der Waals surface area contributed by atoms with Gasteiger partial charge in [-0.05, 0) is 12.8 Å². The van der Waals surface area contributed by atoms with Gasteiger partial charge >= 0.3 is 18.1 Å². The number of carbonyl (C=O) groups is 2. The molecule has 0 aliphatic rings. The summed E-state index contributed by atoms with van der Waals surface area (Å²) >= 11 is 0. The largest absolute Gasteiger partial charge is 0.466 e. The van der Waals surface area contributed by atoms with Gasteiger partial charge in [-0.3, -0.25) is 9.59 Å². The van der Waals surface area contributed by atoms with Crippen molar-refractivity contribution in [3.05, 3.63) is 35.9 Å². The summed E-state index contributed by atoms with van der Waals surface area (Å²) in [6.45, 7) is 2.59. The monoisotopic (exact) mass is 528 g/mol. The molecule has 0 bridgehead atoms. The summed E-state index contributed by atoms with van der Waals surface area (Å²) in [5.74, 6) is -1.42. The van der Waals surface area contributed by atoms with Crippen LogP contribution in [0.5, 0.6) is 0 Å². The maximum atomic E-state index is 13.3. The average Bonchev–Trinajstić information content (AvgIpc) is 2.87. The van der Waals surface area contributed by atoms with E-state index in [4.69, 9.17) is 4.74 Å². The Balaban J connectivity index is 1.97. The number of rotatable bonds is 22. The van der Waals surface area contributed by atoms with E-state index in [9.17, 15) is 22.8 Å². The van der Waals surface area contributed by atoms with Gasteiger partial charge in [0, 0.05) is 18.4 Å². The summed E-state index contributed by atoms with van der Waals surface area (Å²) in [4.78, 5) is 23.7. The highest BCUT2D eigenvalue weighted by atomic mass is 19.4. The number of benzene rings is 1. The number of hydrogen-bond donors (Lipinski definition) is 0. The van der Waals surface area contributed by atoms with Gasteiger partial charge in [0.1, 0.15) is 0 Å². The summed E-state index contributed by atoms with van der Waals surface area (Å²) < 4.78 is 49.6. The van der Waals surface area contributed by atoms with Gasteiger partial charge in [0.25, 0.3) is 0 Å². The molecule has 4 nitrogen and oxygen atoms in total. The Morgan fingerprint density at radius 1 is 0.676 bits per heavy atom. The van der Waals surface area contributed by atoms with Crippen LogP contribution >= 0.6 is 0 Å². The van der Waals surface area contributed by atoms with Gasteiger partial charge in [-0.25, -0.2) is 0 Å². The molecule has 0 saturated heterocycles. The quantitative estimate of drug-likeness (QED) is 0.111. The minimum atomic E-state index is -4.71. The first-order valence-electron chi connectivity index (χ1n) is 14.3. The van der Waals surface area contributed by atoms with Crippen molar-refractivity contribution in [2.45, 2.75) is 135 Å². The Morgan fingerprint density at radius 2 is 1.14 bits per heavy atom. The third-order valence-corrected chi connectivity index (χ3v) is 6.42. The molecule has 1 aromatic rings. The van der Waals surface area contributed by atoms with E-state index in [0.717, 1.165) is 19.3 Å². The zero-order valence-electron chi connectivity index (χ0n) is 22.7. The van der Waals surface area contributed by atoms with Crippen LogP contribution < -0.4 is 0 Å². The van der Waals surface area contributed by atoms with Crippen molar-refractivity contribution in [1.82, 2.24) is 0 Å². The van der Waals surface area contributed by atoms with E-state index in [-0.39, 0.29) is 24.8 Å². The first kappa shape index (κ1) is 33.0. The van der Waals surface area contributed by atoms with Gasteiger partial charge in [0.2, 0.25) is 6.10 Å². The number of carbonyl (C=O) groups excluding carboxylic acids is 2. The standard InChI is InChI=1S/C30H47F3O4/c1-2-3-4-5-6-7-8-9-10-11-12-13-14-15-19-25-36-27(34)23-20-24-28(35)37-29(30(31,32)33)26-21-17-16-18-22-26/h16-18,21-22,29H,2-15,19-20,23-25H2,1H3. The molecule has 0 aliphatic carbocycles. The van der Waals surface area contributed by atoms with Gasteiger partial charge in [-0.1, -0.05) is 127 Å². The van der Waals surface area contributed by atoms with Crippen molar-refractivity contribution in [2.24, 2.45) is 0 Å². The van der Waals surface area contributed by atoms with E-state index in [1.54, 1.807) is 6.07 Å². The van der Waals surface area contributed by atoms with Crippen LogP contribution in [0.3, 0.4) is 0 Å². The SMILES string of the molecule is CCCCCCCCCCCCCCCCCOC(=O)CCCC(=O)OC(c1ccccc1)C(F)(F)F. The molecular formula is C30H47F3O4. The Hall–Kier alpha value is -2.05. The van der Waals surface area contributed by atoms with E-state index in [2.05, 4.69) is 11.7 Å². The molecule has 212 valence electrons. The third-order valence-electron chi connectivity index (χ3n) is 6.42. The first-order chi connectivity index (χ1) is 17.8. The van der Waals surface area contributed by atoms with Crippen molar-refractivity contribution in [2.75, 3.05) is 6.61 Å². The predicted molar refractivity (Wildman–Crippen MR) is 141 cm³/mol. The van der Waals surface area contributed by atoms with Crippen LogP contribution in [0.15, 0.2) is 30.3 Å². The smallest absolute Gasteiger partial charge is 0.429 e. The minimum absolute atomic E-state index is 0.0180. The Kier molecular flexibility index (Phi) is 18.7. The molecule has 0 N–H and O–H groups in total. The fraction of sp³-hybridized carbons (Fsp3) is 0.733. The maximum absolute atomic E-state index is 13.3. The van der Waals surface area contributed by atoms with Crippen LogP contribution in [0.4, 0.5) is 13.2 Å². The normalized spacial score (nSPS) is 12.3. The Morgan fingerprint density at radius 3 is 1.62 bits per heavy atom. The van der Waals surface area contributed by atoms with Crippen LogP contribution in [0.1, 0.15) is 134 Å². The van der Waals surface area contributed by atoms with Crippen LogP contribution in [-0.2, 0) is 19.1 Å². The van der Waals surface area contributed by atoms with Gasteiger partial charge in [0.15, 0.2) is 0 Å². The van der Waals surface area contributed by atoms with Gasteiger partial charge in [0.05, 0.1) is 6.61 Å². The lowest BCUT2D eigenvalue weighted by Gasteiger charge is -2.21. The number of halogens is 3. The maximum Gasteiger partial charge on any atom is 0.429 e. The zero-order valence-corrected chi connectivity index (χ0v) is 22.7. The van der Waals surface area contributed by atoms with E-state index in [1.165, 1.54) is 101 Å². The van der Waals surface area contributed by atoms with Gasteiger partial charge in [-0.2, -0.15) is 13.2 Å². The van der Waals surface area contributed by atoms with Crippen LogP contribution in [-0.4, -0.2) is 24.7 Å². The molecule has 0 aliphatic heterocycles. The molecule has 1 rings (SSSR count). The van der Waals surface area contributed by atoms with Crippen LogP contribution in [0.2, 0.25) is 0 Å².